The molecule has 2 aromatic heterocycles. The fourth-order valence-electron chi connectivity index (χ4n) is 5.52. The van der Waals surface area contributed by atoms with Crippen LogP contribution >= 0.6 is 0 Å². The van der Waals surface area contributed by atoms with Crippen molar-refractivity contribution >= 4 is 22.5 Å². The largest absolute Gasteiger partial charge is 0.378 e. The summed E-state index contributed by atoms with van der Waals surface area (Å²) in [6.07, 6.45) is 7.29. The third-order valence-corrected chi connectivity index (χ3v) is 7.27. The number of hydrogen-bond donors (Lipinski definition) is 1. The van der Waals surface area contributed by atoms with Crippen molar-refractivity contribution < 1.29 is 4.74 Å². The number of piperidine rings is 1. The molecule has 1 N–H and O–H groups in total. The van der Waals surface area contributed by atoms with Gasteiger partial charge in [0.1, 0.15) is 5.52 Å². The molecule has 3 aliphatic heterocycles. The molecule has 5 heterocycles. The number of aromatic nitrogens is 3. The van der Waals surface area contributed by atoms with Gasteiger partial charge in [-0.3, -0.25) is 4.98 Å². The van der Waals surface area contributed by atoms with Crippen molar-refractivity contribution in [1.82, 2.24) is 20.3 Å². The zero-order valence-electron chi connectivity index (χ0n) is 18.5. The monoisotopic (exact) mass is 430 g/mol. The molecular weight excluding hydrogens is 400 g/mol. The van der Waals surface area contributed by atoms with E-state index < -0.39 is 0 Å². The highest BCUT2D eigenvalue weighted by Gasteiger charge is 2.38. The molecule has 7 nitrogen and oxygen atoms in total. The van der Waals surface area contributed by atoms with Gasteiger partial charge in [0, 0.05) is 61.8 Å². The lowest BCUT2D eigenvalue weighted by molar-refractivity contribution is 0.122. The van der Waals surface area contributed by atoms with E-state index >= 15 is 0 Å². The Kier molecular flexibility index (Phi) is 5.15. The van der Waals surface area contributed by atoms with Crippen molar-refractivity contribution in [3.8, 4) is 11.3 Å². The summed E-state index contributed by atoms with van der Waals surface area (Å²) >= 11 is 0. The Hall–Kier alpha value is -2.77. The van der Waals surface area contributed by atoms with Crippen LogP contribution in [0, 0.1) is 5.41 Å². The van der Waals surface area contributed by atoms with Gasteiger partial charge in [-0.1, -0.05) is 12.1 Å². The van der Waals surface area contributed by atoms with Gasteiger partial charge >= 0.3 is 0 Å². The first-order chi connectivity index (χ1) is 15.8. The molecule has 0 bridgehead atoms. The molecular formula is C25H30N6O. The zero-order chi connectivity index (χ0) is 21.4. The first kappa shape index (κ1) is 19.9. The molecule has 0 amide bonds. The standard InChI is InChI=1S/C25H30N6O/c1-6-25(7-8-26-17-25)18-31(11-1)24-23-22(27-9-10-28-23)16-21(29-24)19-2-4-20(5-3-19)30-12-14-32-15-13-30/h2-5,9-10,16,26H,1,6-8,11-15,17-18H2. The van der Waals surface area contributed by atoms with Gasteiger partial charge in [-0.15, -0.1) is 0 Å². The van der Waals surface area contributed by atoms with E-state index in [-0.39, 0.29) is 0 Å². The minimum Gasteiger partial charge on any atom is -0.378 e. The van der Waals surface area contributed by atoms with Gasteiger partial charge in [-0.05, 0) is 44.0 Å². The number of nitrogens with one attached hydrogen (secondary N) is 1. The van der Waals surface area contributed by atoms with Crippen LogP contribution < -0.4 is 15.1 Å². The van der Waals surface area contributed by atoms with Crippen LogP contribution in [0.1, 0.15) is 19.3 Å². The van der Waals surface area contributed by atoms with E-state index in [9.17, 15) is 0 Å². The molecule has 1 atom stereocenters. The highest BCUT2D eigenvalue weighted by atomic mass is 16.5. The Morgan fingerprint density at radius 1 is 0.938 bits per heavy atom. The van der Waals surface area contributed by atoms with Crippen LogP contribution in [0.2, 0.25) is 0 Å². The van der Waals surface area contributed by atoms with E-state index in [1.54, 1.807) is 12.4 Å². The van der Waals surface area contributed by atoms with Crippen LogP contribution in [0.15, 0.2) is 42.7 Å². The number of hydrogen-bond acceptors (Lipinski definition) is 7. The Morgan fingerprint density at radius 3 is 2.59 bits per heavy atom. The molecule has 6 rings (SSSR count). The average Bonchev–Trinajstić information content (AvgIpc) is 3.31. The second-order valence-corrected chi connectivity index (χ2v) is 9.35. The molecule has 166 valence electrons. The van der Waals surface area contributed by atoms with Gasteiger partial charge in [-0.25, -0.2) is 9.97 Å². The van der Waals surface area contributed by atoms with E-state index in [1.807, 2.05) is 0 Å². The van der Waals surface area contributed by atoms with E-state index in [0.717, 1.165) is 80.6 Å². The Balaban J connectivity index is 1.35. The summed E-state index contributed by atoms with van der Waals surface area (Å²) in [5, 5.41) is 3.57. The summed E-state index contributed by atoms with van der Waals surface area (Å²) in [5.74, 6) is 0.980. The third kappa shape index (κ3) is 3.69. The van der Waals surface area contributed by atoms with Crippen LogP contribution in [-0.2, 0) is 4.74 Å². The van der Waals surface area contributed by atoms with Gasteiger partial charge < -0.3 is 19.9 Å². The summed E-state index contributed by atoms with van der Waals surface area (Å²) in [6.45, 7) is 7.77. The predicted molar refractivity (Wildman–Crippen MR) is 127 cm³/mol. The molecule has 1 aromatic carbocycles. The van der Waals surface area contributed by atoms with Crippen molar-refractivity contribution in [3.05, 3.63) is 42.7 Å². The van der Waals surface area contributed by atoms with Crippen molar-refractivity contribution in [2.75, 3.05) is 62.3 Å². The molecule has 1 unspecified atom stereocenters. The second-order valence-electron chi connectivity index (χ2n) is 9.35. The van der Waals surface area contributed by atoms with E-state index in [1.165, 1.54) is 24.9 Å². The van der Waals surface area contributed by atoms with E-state index in [2.05, 4.69) is 55.4 Å². The van der Waals surface area contributed by atoms with E-state index in [4.69, 9.17) is 9.72 Å². The normalized spacial score (nSPS) is 23.9. The molecule has 1 spiro atoms. The van der Waals surface area contributed by atoms with Crippen molar-refractivity contribution in [1.29, 1.82) is 0 Å². The summed E-state index contributed by atoms with van der Waals surface area (Å²) in [5.41, 5.74) is 5.50. The number of fused-ring (bicyclic) bond motifs is 1. The molecule has 3 saturated heterocycles. The lowest BCUT2D eigenvalue weighted by Gasteiger charge is -2.40. The number of benzene rings is 1. The minimum absolute atomic E-state index is 0.365. The maximum atomic E-state index is 5.49. The molecule has 3 aromatic rings. The van der Waals surface area contributed by atoms with Crippen LogP contribution in [0.3, 0.4) is 0 Å². The van der Waals surface area contributed by atoms with Crippen molar-refractivity contribution in [3.63, 3.8) is 0 Å². The predicted octanol–water partition coefficient (Wildman–Crippen LogP) is 3.11. The molecule has 0 aliphatic carbocycles. The van der Waals surface area contributed by atoms with Gasteiger partial charge in [0.25, 0.3) is 0 Å². The van der Waals surface area contributed by atoms with Crippen molar-refractivity contribution in [2.45, 2.75) is 19.3 Å². The lowest BCUT2D eigenvalue weighted by atomic mass is 9.79. The number of anilines is 2. The van der Waals surface area contributed by atoms with Gasteiger partial charge in [-0.2, -0.15) is 0 Å². The molecule has 0 radical (unpaired) electrons. The number of pyridine rings is 1. The third-order valence-electron chi connectivity index (χ3n) is 7.27. The van der Waals surface area contributed by atoms with Gasteiger partial charge in [0.05, 0.1) is 24.4 Å². The maximum Gasteiger partial charge on any atom is 0.157 e. The molecule has 7 heteroatoms. The Morgan fingerprint density at radius 2 is 1.78 bits per heavy atom. The highest BCUT2D eigenvalue weighted by molar-refractivity contribution is 5.89. The Bertz CT molecular complexity index is 1090. The fourth-order valence-corrected chi connectivity index (χ4v) is 5.52. The molecule has 0 saturated carbocycles. The number of ether oxygens (including phenoxy) is 1. The summed E-state index contributed by atoms with van der Waals surface area (Å²) in [4.78, 5) is 19.3. The fraction of sp³-hybridized carbons (Fsp3) is 0.480. The number of nitrogens with zero attached hydrogens (tertiary/aromatic N) is 5. The molecule has 3 aliphatic rings. The molecule has 3 fully saturated rings. The smallest absolute Gasteiger partial charge is 0.157 e. The SMILES string of the molecule is c1cnc2c(N3CCCC4(CCNC4)C3)nc(-c3ccc(N4CCOCC4)cc3)cc2n1. The summed E-state index contributed by atoms with van der Waals surface area (Å²) < 4.78 is 5.49. The average molecular weight is 431 g/mol. The first-order valence-electron chi connectivity index (χ1n) is 11.8. The minimum atomic E-state index is 0.365. The van der Waals surface area contributed by atoms with Gasteiger partial charge in [0.15, 0.2) is 5.82 Å². The van der Waals surface area contributed by atoms with Crippen LogP contribution in [0.5, 0.6) is 0 Å². The lowest BCUT2D eigenvalue weighted by Crippen LogP contribution is -2.45. The summed E-state index contributed by atoms with van der Waals surface area (Å²) in [7, 11) is 0. The maximum absolute atomic E-state index is 5.49. The van der Waals surface area contributed by atoms with Crippen LogP contribution in [0.25, 0.3) is 22.3 Å². The quantitative estimate of drug-likeness (QED) is 0.685. The second kappa shape index (κ2) is 8.30. The summed E-state index contributed by atoms with van der Waals surface area (Å²) in [6, 6.07) is 10.8. The number of morpholine rings is 1. The Labute approximate surface area is 188 Å². The van der Waals surface area contributed by atoms with Crippen molar-refractivity contribution in [2.24, 2.45) is 5.41 Å². The first-order valence-corrected chi connectivity index (χ1v) is 11.8. The van der Waals surface area contributed by atoms with Crippen LogP contribution in [-0.4, -0.2) is 67.4 Å². The van der Waals surface area contributed by atoms with E-state index in [0.29, 0.717) is 5.41 Å². The zero-order valence-corrected chi connectivity index (χ0v) is 18.5. The topological polar surface area (TPSA) is 66.4 Å². The van der Waals surface area contributed by atoms with Gasteiger partial charge in [0.2, 0.25) is 0 Å². The van der Waals surface area contributed by atoms with Crippen LogP contribution in [0.4, 0.5) is 11.5 Å². The molecule has 32 heavy (non-hydrogen) atoms. The number of rotatable bonds is 3. The highest BCUT2D eigenvalue weighted by Crippen LogP contribution is 2.39.